The second-order valence-corrected chi connectivity index (χ2v) is 3.87. The second kappa shape index (κ2) is 7.01. The Morgan fingerprint density at radius 3 is 2.65 bits per heavy atom. The third kappa shape index (κ3) is 4.53. The van der Waals surface area contributed by atoms with Gasteiger partial charge in [0.1, 0.15) is 0 Å². The first kappa shape index (κ1) is 13.6. The number of likely N-dealkylation sites (N-methyl/N-ethyl adjacent to an activating group) is 1. The maximum absolute atomic E-state index is 11.6. The van der Waals surface area contributed by atoms with E-state index in [2.05, 4.69) is 5.32 Å². The molecule has 0 spiro atoms. The number of ketones is 1. The Bertz CT molecular complexity index is 334. The molecule has 2 atom stereocenters. The van der Waals surface area contributed by atoms with Gasteiger partial charge in [-0.15, -0.1) is 0 Å². The van der Waals surface area contributed by atoms with E-state index in [1.807, 2.05) is 31.2 Å². The highest BCUT2D eigenvalue weighted by molar-refractivity contribution is 5.95. The number of carbonyl (C=O) groups excluding carboxylic acids is 2. The van der Waals surface area contributed by atoms with Crippen LogP contribution in [-0.2, 0) is 14.3 Å². The summed E-state index contributed by atoms with van der Waals surface area (Å²) in [6.07, 6.45) is 9.00. The fourth-order valence-electron chi connectivity index (χ4n) is 1.50. The minimum Gasteiger partial charge on any atom is -0.357 e. The van der Waals surface area contributed by atoms with E-state index in [9.17, 15) is 9.59 Å². The molecule has 1 fully saturated rings. The van der Waals surface area contributed by atoms with Gasteiger partial charge in [0.05, 0.1) is 0 Å². The highest BCUT2D eigenvalue weighted by Crippen LogP contribution is 2.24. The molecule has 0 aromatic carbocycles. The van der Waals surface area contributed by atoms with Gasteiger partial charge in [0, 0.05) is 13.5 Å². The summed E-state index contributed by atoms with van der Waals surface area (Å²) in [4.78, 5) is 22.7. The van der Waals surface area contributed by atoms with Gasteiger partial charge in [0.2, 0.25) is 0 Å². The largest absolute Gasteiger partial charge is 0.357 e. The molecule has 0 saturated carbocycles. The van der Waals surface area contributed by atoms with Crippen molar-refractivity contribution >= 4 is 11.7 Å². The number of rotatable bonds is 7. The van der Waals surface area contributed by atoms with Gasteiger partial charge in [-0.2, -0.15) is 0 Å². The fraction of sp³-hybridized carbons (Fsp3) is 0.538. The molecule has 0 radical (unpaired) electrons. The van der Waals surface area contributed by atoms with Crippen LogP contribution in [0.15, 0.2) is 24.3 Å². The van der Waals surface area contributed by atoms with Crippen molar-refractivity contribution in [2.24, 2.45) is 0 Å². The highest BCUT2D eigenvalue weighted by atomic mass is 16.6. The Morgan fingerprint density at radius 2 is 2.00 bits per heavy atom. The normalized spacial score (nSPS) is 23.2. The number of hydrogen-bond donors (Lipinski definition) is 1. The van der Waals surface area contributed by atoms with Gasteiger partial charge in [-0.05, 0) is 19.8 Å². The third-order valence-electron chi connectivity index (χ3n) is 2.55. The maximum Gasteiger partial charge on any atom is 0.252 e. The van der Waals surface area contributed by atoms with Crippen molar-refractivity contribution in [1.82, 2.24) is 5.32 Å². The molecule has 0 aromatic heterocycles. The van der Waals surface area contributed by atoms with Crippen molar-refractivity contribution in [1.29, 1.82) is 0 Å². The zero-order valence-corrected chi connectivity index (χ0v) is 10.3. The summed E-state index contributed by atoms with van der Waals surface area (Å²) in [5.74, 6) is -0.207. The Morgan fingerprint density at radius 1 is 1.24 bits per heavy atom. The standard InChI is InChI=1S/C13H19NO3/c1-3-4-5-6-7-8-9-10(15)11-12(17-11)13(16)14-2/h3-4,6-7,11-12H,5,8-9H2,1-2H3,(H,14,16)/b4-3+,7-6+. The number of amides is 1. The molecular formula is C13H19NO3. The lowest BCUT2D eigenvalue weighted by molar-refractivity contribution is -0.123. The van der Waals surface area contributed by atoms with Crippen molar-refractivity contribution in [2.75, 3.05) is 7.05 Å². The molecule has 0 aliphatic carbocycles. The number of Topliss-reactive ketones (excluding diaryl/α,β-unsaturated/α-hetero) is 1. The highest BCUT2D eigenvalue weighted by Gasteiger charge is 2.48. The zero-order chi connectivity index (χ0) is 12.7. The summed E-state index contributed by atoms with van der Waals surface area (Å²) in [5.41, 5.74) is 0. The van der Waals surface area contributed by atoms with Gasteiger partial charge in [0.25, 0.3) is 5.91 Å². The summed E-state index contributed by atoms with van der Waals surface area (Å²) in [6.45, 7) is 1.97. The molecule has 2 unspecified atom stereocenters. The summed E-state index contributed by atoms with van der Waals surface area (Å²) < 4.78 is 5.03. The molecule has 0 aromatic rings. The topological polar surface area (TPSA) is 58.7 Å². The molecule has 1 aliphatic heterocycles. The van der Waals surface area contributed by atoms with Crippen LogP contribution in [0, 0.1) is 0 Å². The molecule has 94 valence electrons. The van der Waals surface area contributed by atoms with Crippen LogP contribution >= 0.6 is 0 Å². The van der Waals surface area contributed by atoms with E-state index in [4.69, 9.17) is 4.74 Å². The molecule has 1 aliphatic rings. The van der Waals surface area contributed by atoms with E-state index < -0.39 is 12.2 Å². The first-order valence-corrected chi connectivity index (χ1v) is 5.86. The number of allylic oxidation sites excluding steroid dienone is 4. The van der Waals surface area contributed by atoms with Crippen LogP contribution in [0.5, 0.6) is 0 Å². The monoisotopic (exact) mass is 237 g/mol. The second-order valence-electron chi connectivity index (χ2n) is 3.87. The molecule has 1 heterocycles. The van der Waals surface area contributed by atoms with Crippen LogP contribution in [0.1, 0.15) is 26.2 Å². The van der Waals surface area contributed by atoms with Gasteiger partial charge in [-0.25, -0.2) is 0 Å². The average Bonchev–Trinajstić information content (AvgIpc) is 3.12. The fourth-order valence-corrected chi connectivity index (χ4v) is 1.50. The quantitative estimate of drug-likeness (QED) is 0.537. The molecule has 4 heteroatoms. The van der Waals surface area contributed by atoms with E-state index in [1.54, 1.807) is 0 Å². The van der Waals surface area contributed by atoms with E-state index in [-0.39, 0.29) is 11.7 Å². The molecule has 4 nitrogen and oxygen atoms in total. The predicted molar refractivity (Wildman–Crippen MR) is 65.5 cm³/mol. The van der Waals surface area contributed by atoms with Gasteiger partial charge in [-0.1, -0.05) is 24.3 Å². The molecule has 0 bridgehead atoms. The molecule has 1 rings (SSSR count). The Kier molecular flexibility index (Phi) is 5.63. The molecular weight excluding hydrogens is 218 g/mol. The van der Waals surface area contributed by atoms with Crippen LogP contribution in [-0.4, -0.2) is 30.9 Å². The van der Waals surface area contributed by atoms with Crippen LogP contribution in [0.25, 0.3) is 0 Å². The van der Waals surface area contributed by atoms with Crippen molar-refractivity contribution < 1.29 is 14.3 Å². The van der Waals surface area contributed by atoms with Crippen LogP contribution in [0.2, 0.25) is 0 Å². The summed E-state index contributed by atoms with van der Waals surface area (Å²) in [6, 6.07) is 0. The average molecular weight is 237 g/mol. The van der Waals surface area contributed by atoms with E-state index in [0.717, 1.165) is 6.42 Å². The van der Waals surface area contributed by atoms with Crippen molar-refractivity contribution in [3.05, 3.63) is 24.3 Å². The van der Waals surface area contributed by atoms with Gasteiger partial charge in [-0.3, -0.25) is 9.59 Å². The number of ether oxygens (including phenoxy) is 1. The van der Waals surface area contributed by atoms with Crippen LogP contribution in [0.3, 0.4) is 0 Å². The summed E-state index contributed by atoms with van der Waals surface area (Å²) >= 11 is 0. The van der Waals surface area contributed by atoms with E-state index in [1.165, 1.54) is 7.05 Å². The van der Waals surface area contributed by atoms with Gasteiger partial charge < -0.3 is 10.1 Å². The Balaban J connectivity index is 2.15. The van der Waals surface area contributed by atoms with E-state index in [0.29, 0.717) is 12.8 Å². The van der Waals surface area contributed by atoms with Crippen LogP contribution < -0.4 is 5.32 Å². The lowest BCUT2D eigenvalue weighted by atomic mass is 10.1. The lowest BCUT2D eigenvalue weighted by Crippen LogP contribution is -2.26. The van der Waals surface area contributed by atoms with Crippen molar-refractivity contribution in [2.45, 2.75) is 38.4 Å². The zero-order valence-electron chi connectivity index (χ0n) is 10.3. The molecule has 1 N–H and O–H groups in total. The SMILES string of the molecule is C/C=C/C/C=C/CCC(=O)C1OC1C(=O)NC. The lowest BCUT2D eigenvalue weighted by Gasteiger charge is -1.93. The van der Waals surface area contributed by atoms with Crippen LogP contribution in [0.4, 0.5) is 0 Å². The number of epoxide rings is 1. The van der Waals surface area contributed by atoms with E-state index >= 15 is 0 Å². The van der Waals surface area contributed by atoms with Gasteiger partial charge >= 0.3 is 0 Å². The number of hydrogen-bond acceptors (Lipinski definition) is 3. The Labute approximate surface area is 102 Å². The summed E-state index contributed by atoms with van der Waals surface area (Å²) in [7, 11) is 1.54. The minimum atomic E-state index is -0.556. The maximum atomic E-state index is 11.6. The van der Waals surface area contributed by atoms with Crippen molar-refractivity contribution in [3.8, 4) is 0 Å². The number of nitrogens with one attached hydrogen (secondary N) is 1. The smallest absolute Gasteiger partial charge is 0.252 e. The predicted octanol–water partition coefficient (Wildman–Crippen LogP) is 1.37. The number of carbonyl (C=O) groups is 2. The molecule has 17 heavy (non-hydrogen) atoms. The third-order valence-corrected chi connectivity index (χ3v) is 2.55. The minimum absolute atomic E-state index is 0.00860. The Hall–Kier alpha value is -1.42. The van der Waals surface area contributed by atoms with Gasteiger partial charge in [0.15, 0.2) is 18.0 Å². The first-order chi connectivity index (χ1) is 8.20. The first-order valence-electron chi connectivity index (χ1n) is 5.86. The summed E-state index contributed by atoms with van der Waals surface area (Å²) in [5, 5.41) is 2.46. The van der Waals surface area contributed by atoms with Crippen molar-refractivity contribution in [3.63, 3.8) is 0 Å². The molecule has 1 saturated heterocycles. The molecule has 1 amide bonds.